The lowest BCUT2D eigenvalue weighted by atomic mass is 10.1. The minimum absolute atomic E-state index is 0.0397. The van der Waals surface area contributed by atoms with Gasteiger partial charge in [-0.3, -0.25) is 4.57 Å². The van der Waals surface area contributed by atoms with E-state index >= 15 is 0 Å². The van der Waals surface area contributed by atoms with Crippen molar-refractivity contribution in [3.05, 3.63) is 77.9 Å². The second-order valence-corrected chi connectivity index (χ2v) is 12.7. The number of urea groups is 1. The number of fused-ring (bicyclic) bond motifs is 1. The van der Waals surface area contributed by atoms with Crippen LogP contribution in [0.1, 0.15) is 35.7 Å². The summed E-state index contributed by atoms with van der Waals surface area (Å²) in [4.78, 5) is 30.1. The van der Waals surface area contributed by atoms with Gasteiger partial charge in [0.05, 0.1) is 32.1 Å². The summed E-state index contributed by atoms with van der Waals surface area (Å²) in [7, 11) is 0. The van der Waals surface area contributed by atoms with Gasteiger partial charge in [-0.2, -0.15) is 14.8 Å². The molecule has 2 saturated heterocycles. The van der Waals surface area contributed by atoms with E-state index in [9.17, 15) is 30.3 Å². The SMILES string of the molecule is O=C(NCc1cccc(O)c1)NC1CCN(c2nc(NC(CO)Cc3ccccc3)c3ncn(C4OC(c5nnn(CCO)n5)C(O)C4O)c3n2)C1. The van der Waals surface area contributed by atoms with Crippen molar-refractivity contribution >= 4 is 29.0 Å². The molecule has 3 aromatic heterocycles. The van der Waals surface area contributed by atoms with Gasteiger partial charge in [0.2, 0.25) is 11.8 Å². The largest absolute Gasteiger partial charge is 0.508 e. The molecule has 7 rings (SSSR count). The van der Waals surface area contributed by atoms with E-state index in [1.807, 2.05) is 35.2 Å². The highest BCUT2D eigenvalue weighted by atomic mass is 16.6. The van der Waals surface area contributed by atoms with Crippen LogP contribution in [0.2, 0.25) is 0 Å². The fraction of sp³-hybridized carbons (Fsp3) is 0.424. The number of aliphatic hydroxyl groups is 4. The molecule has 0 radical (unpaired) electrons. The molecule has 0 spiro atoms. The molecule has 0 aliphatic carbocycles. The molecule has 274 valence electrons. The van der Waals surface area contributed by atoms with Gasteiger partial charge < -0.3 is 51.1 Å². The molecule has 2 aliphatic heterocycles. The molecule has 8 N–H and O–H groups in total. The quantitative estimate of drug-likeness (QED) is 0.0771. The number of aromatic nitrogens is 8. The molecule has 0 bridgehead atoms. The molecule has 5 aromatic rings. The number of phenolic OH excluding ortho intramolecular Hbond substituents is 1. The molecule has 0 saturated carbocycles. The Balaban J connectivity index is 1.14. The summed E-state index contributed by atoms with van der Waals surface area (Å²) in [5.74, 6) is 0.815. The number of carbonyl (C=O) groups excluding carboxylic acids is 1. The van der Waals surface area contributed by atoms with Gasteiger partial charge in [0.15, 0.2) is 29.3 Å². The number of hydrogen-bond acceptors (Lipinski definition) is 15. The summed E-state index contributed by atoms with van der Waals surface area (Å²) < 4.78 is 7.61. The van der Waals surface area contributed by atoms with E-state index in [-0.39, 0.29) is 55.6 Å². The molecule has 6 unspecified atom stereocenters. The Labute approximate surface area is 296 Å². The Morgan fingerprint density at radius 1 is 1.04 bits per heavy atom. The average molecular weight is 717 g/mol. The lowest BCUT2D eigenvalue weighted by Gasteiger charge is -2.22. The van der Waals surface area contributed by atoms with E-state index in [1.165, 1.54) is 15.7 Å². The molecular formula is C33H40N12O7. The van der Waals surface area contributed by atoms with Gasteiger partial charge in [-0.15, -0.1) is 10.2 Å². The Hall–Kier alpha value is -5.47. The van der Waals surface area contributed by atoms with Gasteiger partial charge in [-0.05, 0) is 41.3 Å². The number of hydrogen-bond donors (Lipinski definition) is 8. The average Bonchev–Trinajstić information content (AvgIpc) is 3.96. The number of nitrogens with one attached hydrogen (secondary N) is 3. The molecule has 2 aliphatic rings. The number of phenols is 1. The van der Waals surface area contributed by atoms with E-state index < -0.39 is 30.6 Å². The molecular weight excluding hydrogens is 676 g/mol. The lowest BCUT2D eigenvalue weighted by molar-refractivity contribution is -0.0384. The Morgan fingerprint density at radius 3 is 2.65 bits per heavy atom. The molecule has 6 atom stereocenters. The number of imidazole rings is 1. The zero-order chi connectivity index (χ0) is 36.2. The van der Waals surface area contributed by atoms with Crippen LogP contribution in [-0.2, 0) is 24.2 Å². The first-order chi connectivity index (χ1) is 25.3. The number of aliphatic hydroxyl groups excluding tert-OH is 4. The Bertz CT molecular complexity index is 1980. The number of tetrazole rings is 1. The summed E-state index contributed by atoms with van der Waals surface area (Å²) in [5.41, 5.74) is 2.40. The fourth-order valence-corrected chi connectivity index (χ4v) is 6.39. The van der Waals surface area contributed by atoms with Crippen molar-refractivity contribution < 1.29 is 35.1 Å². The fourth-order valence-electron chi connectivity index (χ4n) is 6.39. The third-order valence-electron chi connectivity index (χ3n) is 9.00. The summed E-state index contributed by atoms with van der Waals surface area (Å²) in [6.07, 6.45) is -2.58. The predicted octanol–water partition coefficient (Wildman–Crippen LogP) is -0.404. The number of rotatable bonds is 13. The van der Waals surface area contributed by atoms with Gasteiger partial charge in [0, 0.05) is 25.7 Å². The number of anilines is 2. The zero-order valence-electron chi connectivity index (χ0n) is 28.0. The Kier molecular flexibility index (Phi) is 10.4. The minimum atomic E-state index is -1.43. The van der Waals surface area contributed by atoms with E-state index in [4.69, 9.17) is 14.7 Å². The lowest BCUT2D eigenvalue weighted by Crippen LogP contribution is -2.43. The van der Waals surface area contributed by atoms with Crippen LogP contribution in [0.4, 0.5) is 16.6 Å². The zero-order valence-corrected chi connectivity index (χ0v) is 28.0. The maximum Gasteiger partial charge on any atom is 0.315 e. The van der Waals surface area contributed by atoms with Crippen LogP contribution in [0.5, 0.6) is 5.75 Å². The van der Waals surface area contributed by atoms with Crippen LogP contribution < -0.4 is 20.9 Å². The number of amides is 2. The standard InChI is InChI=1S/C33H40N12O7/c46-12-11-45-41-29(40-42-45)27-25(49)26(50)31(52-27)44-18-35-24-28(36-22(17-47)13-19-5-2-1-3-6-19)38-32(39-30(24)44)43-10-9-21(16-43)37-33(51)34-15-20-7-4-8-23(48)14-20/h1-8,14,18,21-22,25-27,31,46-50H,9-13,15-17H2,(H2,34,37,51)(H,36,38,39). The monoisotopic (exact) mass is 716 g/mol. The van der Waals surface area contributed by atoms with Crippen LogP contribution in [-0.4, -0.2) is 122 Å². The van der Waals surface area contributed by atoms with Crippen LogP contribution in [0.25, 0.3) is 11.2 Å². The van der Waals surface area contributed by atoms with Gasteiger partial charge in [0.25, 0.3) is 0 Å². The highest BCUT2D eigenvalue weighted by molar-refractivity contribution is 5.84. The highest BCUT2D eigenvalue weighted by Crippen LogP contribution is 2.39. The van der Waals surface area contributed by atoms with Crippen molar-refractivity contribution in [3.8, 4) is 5.75 Å². The third-order valence-corrected chi connectivity index (χ3v) is 9.00. The number of ether oxygens (including phenoxy) is 1. The molecule has 5 heterocycles. The van der Waals surface area contributed by atoms with Gasteiger partial charge in [-0.25, -0.2) is 9.78 Å². The second-order valence-electron chi connectivity index (χ2n) is 12.7. The van der Waals surface area contributed by atoms with Gasteiger partial charge in [-0.1, -0.05) is 42.5 Å². The van der Waals surface area contributed by atoms with E-state index in [2.05, 4.69) is 36.3 Å². The molecule has 19 nitrogen and oxygen atoms in total. The van der Waals surface area contributed by atoms with E-state index in [0.29, 0.717) is 43.2 Å². The molecule has 52 heavy (non-hydrogen) atoms. The van der Waals surface area contributed by atoms with Crippen molar-refractivity contribution in [2.45, 2.75) is 62.6 Å². The van der Waals surface area contributed by atoms with E-state index in [1.54, 1.807) is 24.3 Å². The first-order valence-corrected chi connectivity index (χ1v) is 16.9. The number of aromatic hydroxyl groups is 1. The van der Waals surface area contributed by atoms with Crippen LogP contribution >= 0.6 is 0 Å². The van der Waals surface area contributed by atoms with Crippen molar-refractivity contribution in [2.75, 3.05) is 36.5 Å². The maximum atomic E-state index is 12.7. The number of carbonyl (C=O) groups is 1. The Morgan fingerprint density at radius 2 is 1.87 bits per heavy atom. The van der Waals surface area contributed by atoms with E-state index in [0.717, 1.165) is 11.1 Å². The minimum Gasteiger partial charge on any atom is -0.508 e. The second kappa shape index (κ2) is 15.4. The van der Waals surface area contributed by atoms with Crippen molar-refractivity contribution in [3.63, 3.8) is 0 Å². The topological polar surface area (TPSA) is 254 Å². The molecule has 2 amide bonds. The molecule has 2 fully saturated rings. The first-order valence-electron chi connectivity index (χ1n) is 16.9. The van der Waals surface area contributed by atoms with Crippen molar-refractivity contribution in [2.24, 2.45) is 0 Å². The summed E-state index contributed by atoms with van der Waals surface area (Å²) in [6, 6.07) is 15.3. The highest BCUT2D eigenvalue weighted by Gasteiger charge is 2.47. The molecule has 19 heteroatoms. The van der Waals surface area contributed by atoms with Crippen molar-refractivity contribution in [1.29, 1.82) is 0 Å². The smallest absolute Gasteiger partial charge is 0.315 e. The first kappa shape index (κ1) is 35.0. The molecule has 2 aromatic carbocycles. The van der Waals surface area contributed by atoms with Crippen molar-refractivity contribution in [1.82, 2.24) is 50.4 Å². The summed E-state index contributed by atoms with van der Waals surface area (Å²) in [6.45, 7) is 0.836. The maximum absolute atomic E-state index is 12.7. The van der Waals surface area contributed by atoms with Crippen LogP contribution in [0.15, 0.2) is 60.9 Å². The summed E-state index contributed by atoms with van der Waals surface area (Å²) >= 11 is 0. The number of benzene rings is 2. The van der Waals surface area contributed by atoms with Crippen LogP contribution in [0.3, 0.4) is 0 Å². The summed E-state index contributed by atoms with van der Waals surface area (Å²) in [5, 5.41) is 72.5. The van der Waals surface area contributed by atoms with Gasteiger partial charge >= 0.3 is 6.03 Å². The number of nitrogens with zero attached hydrogens (tertiary/aromatic N) is 9. The van der Waals surface area contributed by atoms with Gasteiger partial charge in [0.1, 0.15) is 18.0 Å². The normalized spacial score (nSPS) is 22.2. The third kappa shape index (κ3) is 7.58. The van der Waals surface area contributed by atoms with Crippen LogP contribution in [0, 0.1) is 0 Å². The predicted molar refractivity (Wildman–Crippen MR) is 184 cm³/mol.